The molecule has 0 fully saturated rings. The molecule has 0 amide bonds. The van der Waals surface area contributed by atoms with Crippen LogP contribution >= 0.6 is 23.2 Å². The van der Waals surface area contributed by atoms with Crippen LogP contribution in [-0.4, -0.2) is 14.5 Å². The van der Waals surface area contributed by atoms with Gasteiger partial charge in [-0.2, -0.15) is 0 Å². The number of hydrogen-bond donors (Lipinski definition) is 1. The molecule has 0 aliphatic rings. The lowest BCUT2D eigenvalue weighted by atomic mass is 10.0. The standard InChI is InChI=1S/C23H16Cl2N4/c1-29-21-5-3-2-4-15(21)17-10-13(6-9-22(17)29)19-12-20(28-23(26)27-19)16-8-7-14(24)11-18(16)25/h2-12H,1H3,(H2,26,27,28). The van der Waals surface area contributed by atoms with Crippen molar-refractivity contribution < 1.29 is 0 Å². The Kier molecular flexibility index (Phi) is 4.19. The molecule has 4 nitrogen and oxygen atoms in total. The second-order valence-electron chi connectivity index (χ2n) is 6.93. The number of aryl methyl sites for hydroxylation is 1. The molecule has 3 aromatic carbocycles. The zero-order valence-electron chi connectivity index (χ0n) is 15.5. The third-order valence-electron chi connectivity index (χ3n) is 5.16. The first-order valence-corrected chi connectivity index (χ1v) is 9.84. The van der Waals surface area contributed by atoms with E-state index in [2.05, 4.69) is 64.0 Å². The molecular formula is C23H16Cl2N4. The van der Waals surface area contributed by atoms with Crippen molar-refractivity contribution in [2.75, 3.05) is 5.73 Å². The Morgan fingerprint density at radius 2 is 1.55 bits per heavy atom. The van der Waals surface area contributed by atoms with Gasteiger partial charge >= 0.3 is 0 Å². The van der Waals surface area contributed by atoms with Crippen molar-refractivity contribution in [2.45, 2.75) is 0 Å². The van der Waals surface area contributed by atoms with E-state index in [-0.39, 0.29) is 5.95 Å². The minimum Gasteiger partial charge on any atom is -0.368 e. The molecule has 142 valence electrons. The van der Waals surface area contributed by atoms with Crippen molar-refractivity contribution in [1.29, 1.82) is 0 Å². The van der Waals surface area contributed by atoms with E-state index < -0.39 is 0 Å². The largest absolute Gasteiger partial charge is 0.368 e. The van der Waals surface area contributed by atoms with E-state index in [9.17, 15) is 0 Å². The van der Waals surface area contributed by atoms with E-state index in [0.717, 1.165) is 22.3 Å². The number of nitrogens with zero attached hydrogens (tertiary/aromatic N) is 3. The molecule has 0 aliphatic heterocycles. The second kappa shape index (κ2) is 6.76. The topological polar surface area (TPSA) is 56.7 Å². The summed E-state index contributed by atoms with van der Waals surface area (Å²) in [6.07, 6.45) is 0. The molecule has 2 heterocycles. The van der Waals surface area contributed by atoms with Crippen LogP contribution in [0.25, 0.3) is 44.3 Å². The Bertz CT molecular complexity index is 1410. The highest BCUT2D eigenvalue weighted by Crippen LogP contribution is 2.34. The highest BCUT2D eigenvalue weighted by molar-refractivity contribution is 6.36. The number of para-hydroxylation sites is 1. The van der Waals surface area contributed by atoms with Crippen LogP contribution in [0, 0.1) is 0 Å². The van der Waals surface area contributed by atoms with Gasteiger partial charge in [0.1, 0.15) is 0 Å². The van der Waals surface area contributed by atoms with Crippen molar-refractivity contribution in [3.63, 3.8) is 0 Å². The lowest BCUT2D eigenvalue weighted by Crippen LogP contribution is -1.99. The number of nitrogens with two attached hydrogens (primary N) is 1. The SMILES string of the molecule is Cn1c2ccccc2c2cc(-c3cc(-c4ccc(Cl)cc4Cl)nc(N)n3)ccc21. The smallest absolute Gasteiger partial charge is 0.221 e. The summed E-state index contributed by atoms with van der Waals surface area (Å²) in [6.45, 7) is 0. The van der Waals surface area contributed by atoms with E-state index in [1.165, 1.54) is 16.3 Å². The zero-order valence-corrected chi connectivity index (χ0v) is 17.0. The van der Waals surface area contributed by atoms with Gasteiger partial charge in [-0.15, -0.1) is 0 Å². The van der Waals surface area contributed by atoms with Gasteiger partial charge in [0, 0.05) is 45.0 Å². The Hall–Kier alpha value is -3.08. The molecule has 0 saturated carbocycles. The van der Waals surface area contributed by atoms with Gasteiger partial charge in [0.25, 0.3) is 0 Å². The summed E-state index contributed by atoms with van der Waals surface area (Å²) in [4.78, 5) is 8.83. The third-order valence-corrected chi connectivity index (χ3v) is 5.71. The Morgan fingerprint density at radius 1 is 0.793 bits per heavy atom. The van der Waals surface area contributed by atoms with Gasteiger partial charge in [-0.05, 0) is 42.5 Å². The first kappa shape index (κ1) is 18.0. The van der Waals surface area contributed by atoms with Crippen molar-refractivity contribution in [2.24, 2.45) is 7.05 Å². The number of aromatic nitrogens is 3. The van der Waals surface area contributed by atoms with Crippen molar-refractivity contribution in [3.8, 4) is 22.5 Å². The molecule has 0 spiro atoms. The van der Waals surface area contributed by atoms with Gasteiger partial charge in [-0.1, -0.05) is 47.5 Å². The predicted octanol–water partition coefficient (Wildman–Crippen LogP) is 6.34. The van der Waals surface area contributed by atoms with Crippen molar-refractivity contribution in [1.82, 2.24) is 14.5 Å². The normalized spacial score (nSPS) is 11.4. The number of benzene rings is 3. The fourth-order valence-corrected chi connectivity index (χ4v) is 4.28. The lowest BCUT2D eigenvalue weighted by molar-refractivity contribution is 1.01. The highest BCUT2D eigenvalue weighted by Gasteiger charge is 2.13. The number of hydrogen-bond acceptors (Lipinski definition) is 3. The van der Waals surface area contributed by atoms with E-state index in [0.29, 0.717) is 15.7 Å². The second-order valence-corrected chi connectivity index (χ2v) is 7.77. The van der Waals surface area contributed by atoms with Crippen LogP contribution in [0.15, 0.2) is 66.7 Å². The van der Waals surface area contributed by atoms with Crippen molar-refractivity contribution in [3.05, 3.63) is 76.8 Å². The van der Waals surface area contributed by atoms with Crippen molar-refractivity contribution >= 4 is 51.0 Å². The average molecular weight is 419 g/mol. The fraction of sp³-hybridized carbons (Fsp3) is 0.0435. The fourth-order valence-electron chi connectivity index (χ4n) is 3.78. The lowest BCUT2D eigenvalue weighted by Gasteiger charge is -2.09. The number of fused-ring (bicyclic) bond motifs is 3. The quantitative estimate of drug-likeness (QED) is 0.363. The third kappa shape index (κ3) is 3.01. The molecule has 0 saturated heterocycles. The van der Waals surface area contributed by atoms with Crippen LogP contribution in [0.4, 0.5) is 5.95 Å². The first-order chi connectivity index (χ1) is 14.0. The van der Waals surface area contributed by atoms with Crippen LogP contribution in [0.2, 0.25) is 10.0 Å². The number of nitrogen functional groups attached to an aromatic ring is 1. The molecule has 0 radical (unpaired) electrons. The zero-order chi connectivity index (χ0) is 20.1. The van der Waals surface area contributed by atoms with Gasteiger partial charge in [0.05, 0.1) is 16.4 Å². The maximum absolute atomic E-state index is 6.37. The van der Waals surface area contributed by atoms with E-state index >= 15 is 0 Å². The summed E-state index contributed by atoms with van der Waals surface area (Å²) in [5.74, 6) is 0.196. The maximum Gasteiger partial charge on any atom is 0.221 e. The number of halogens is 2. The van der Waals surface area contributed by atoms with Gasteiger partial charge < -0.3 is 10.3 Å². The summed E-state index contributed by atoms with van der Waals surface area (Å²) in [5, 5.41) is 3.46. The maximum atomic E-state index is 6.37. The summed E-state index contributed by atoms with van der Waals surface area (Å²) >= 11 is 12.4. The summed E-state index contributed by atoms with van der Waals surface area (Å²) in [7, 11) is 2.08. The molecule has 29 heavy (non-hydrogen) atoms. The van der Waals surface area contributed by atoms with E-state index in [1.54, 1.807) is 12.1 Å². The van der Waals surface area contributed by atoms with E-state index in [1.807, 2.05) is 12.1 Å². The number of rotatable bonds is 2. The molecule has 0 aliphatic carbocycles. The minimum atomic E-state index is 0.196. The molecule has 0 bridgehead atoms. The molecule has 2 aromatic heterocycles. The van der Waals surface area contributed by atoms with Gasteiger partial charge in [0.2, 0.25) is 5.95 Å². The van der Waals surface area contributed by atoms with E-state index in [4.69, 9.17) is 28.9 Å². The van der Waals surface area contributed by atoms with Crippen LogP contribution in [0.5, 0.6) is 0 Å². The van der Waals surface area contributed by atoms with Gasteiger partial charge in [0.15, 0.2) is 0 Å². The summed E-state index contributed by atoms with van der Waals surface area (Å²) < 4.78 is 2.20. The van der Waals surface area contributed by atoms with Crippen LogP contribution in [-0.2, 0) is 7.05 Å². The van der Waals surface area contributed by atoms with Crippen LogP contribution in [0.1, 0.15) is 0 Å². The van der Waals surface area contributed by atoms with Gasteiger partial charge in [-0.3, -0.25) is 0 Å². The highest BCUT2D eigenvalue weighted by atomic mass is 35.5. The Morgan fingerprint density at radius 3 is 2.38 bits per heavy atom. The molecule has 2 N–H and O–H groups in total. The Balaban J connectivity index is 1.70. The minimum absolute atomic E-state index is 0.196. The Labute approximate surface area is 177 Å². The number of anilines is 1. The average Bonchev–Trinajstić information content (AvgIpc) is 3.00. The first-order valence-electron chi connectivity index (χ1n) is 9.09. The van der Waals surface area contributed by atoms with Crippen LogP contribution in [0.3, 0.4) is 0 Å². The molecule has 0 atom stereocenters. The summed E-state index contributed by atoms with van der Waals surface area (Å²) in [6, 6.07) is 21.9. The van der Waals surface area contributed by atoms with Crippen LogP contribution < -0.4 is 5.73 Å². The molecule has 6 heteroatoms. The van der Waals surface area contributed by atoms with Gasteiger partial charge in [-0.25, -0.2) is 9.97 Å². The molecule has 5 rings (SSSR count). The summed E-state index contributed by atoms with van der Waals surface area (Å²) in [5.41, 5.74) is 11.5. The molecule has 0 unspecified atom stereocenters. The monoisotopic (exact) mass is 418 g/mol. The molecular weight excluding hydrogens is 403 g/mol. The predicted molar refractivity (Wildman–Crippen MR) is 121 cm³/mol. The molecule has 5 aromatic rings.